The minimum atomic E-state index is -0.503. The van der Waals surface area contributed by atoms with E-state index in [1.807, 2.05) is 11.0 Å². The number of fused-ring (bicyclic) bond motifs is 3. The molecular weight excluding hydrogens is 368 g/mol. The number of aromatic amines is 1. The Morgan fingerprint density at radius 3 is 2.55 bits per heavy atom. The van der Waals surface area contributed by atoms with E-state index in [2.05, 4.69) is 20.3 Å². The maximum absolute atomic E-state index is 13.0. The van der Waals surface area contributed by atoms with Gasteiger partial charge < -0.3 is 20.9 Å². The molecule has 0 radical (unpaired) electrons. The molecule has 0 saturated carbocycles. The Labute approximate surface area is 167 Å². The van der Waals surface area contributed by atoms with Gasteiger partial charge in [0.15, 0.2) is 0 Å². The Bertz CT molecular complexity index is 1070. The molecule has 4 N–H and O–H groups in total. The number of pyridine rings is 2. The Hall–Kier alpha value is -3.42. The summed E-state index contributed by atoms with van der Waals surface area (Å²) < 4.78 is 0. The molecule has 0 unspecified atom stereocenters. The number of nitrogens with zero attached hydrogens (tertiary/aromatic N) is 3. The SMILES string of the molecule is NC(=O)c1cnc2[nH]ccc2c1NC1C[C@@H]2CC[C@@H](C1)N2C(=O)c1ccncc1. The number of carbonyl (C=O) groups excluding carboxylic acids is 2. The summed E-state index contributed by atoms with van der Waals surface area (Å²) in [7, 11) is 0. The van der Waals surface area contributed by atoms with Crippen LogP contribution in [0.15, 0.2) is 43.0 Å². The lowest BCUT2D eigenvalue weighted by Crippen LogP contribution is -2.49. The molecule has 3 aromatic rings. The van der Waals surface area contributed by atoms with E-state index in [1.54, 1.807) is 30.7 Å². The van der Waals surface area contributed by atoms with Gasteiger partial charge in [-0.3, -0.25) is 14.6 Å². The van der Waals surface area contributed by atoms with Crippen LogP contribution in [-0.4, -0.2) is 49.8 Å². The second kappa shape index (κ2) is 6.88. The van der Waals surface area contributed by atoms with Gasteiger partial charge in [-0.05, 0) is 43.9 Å². The highest BCUT2D eigenvalue weighted by atomic mass is 16.2. The van der Waals surface area contributed by atoms with Gasteiger partial charge in [-0.1, -0.05) is 0 Å². The van der Waals surface area contributed by atoms with Crippen LogP contribution in [0.25, 0.3) is 11.0 Å². The molecule has 2 aliphatic rings. The van der Waals surface area contributed by atoms with Gasteiger partial charge in [0.2, 0.25) is 0 Å². The van der Waals surface area contributed by atoms with Crippen LogP contribution in [0, 0.1) is 0 Å². The van der Waals surface area contributed by atoms with Gasteiger partial charge in [-0.25, -0.2) is 4.98 Å². The minimum Gasteiger partial charge on any atom is -0.381 e. The first-order chi connectivity index (χ1) is 14.1. The third-order valence-corrected chi connectivity index (χ3v) is 6.10. The third-order valence-electron chi connectivity index (χ3n) is 6.10. The first-order valence-electron chi connectivity index (χ1n) is 9.87. The number of nitrogens with one attached hydrogen (secondary N) is 2. The standard InChI is InChI=1S/C21H22N6O2/c22-19(28)17-11-25-20-16(5-8-24-20)18(17)26-13-9-14-1-2-15(10-13)27(14)21(29)12-3-6-23-7-4-12/h3-8,11,13-15H,1-2,9-10H2,(H2,22,28)(H2,24,25,26)/t14-,15-/m0/s1. The fourth-order valence-corrected chi connectivity index (χ4v) is 4.82. The molecule has 0 aromatic carbocycles. The largest absolute Gasteiger partial charge is 0.381 e. The predicted octanol–water partition coefficient (Wildman–Crippen LogP) is 2.30. The summed E-state index contributed by atoms with van der Waals surface area (Å²) in [6.07, 6.45) is 10.3. The predicted molar refractivity (Wildman–Crippen MR) is 108 cm³/mol. The highest BCUT2D eigenvalue weighted by Gasteiger charge is 2.43. The lowest BCUT2D eigenvalue weighted by molar-refractivity contribution is 0.0583. The van der Waals surface area contributed by atoms with Gasteiger partial charge in [0.05, 0.1) is 11.3 Å². The fraction of sp³-hybridized carbons (Fsp3) is 0.333. The zero-order valence-electron chi connectivity index (χ0n) is 15.8. The third kappa shape index (κ3) is 3.00. The van der Waals surface area contributed by atoms with Crippen LogP contribution >= 0.6 is 0 Å². The summed E-state index contributed by atoms with van der Waals surface area (Å²) in [4.78, 5) is 38.3. The second-order valence-electron chi connectivity index (χ2n) is 7.80. The summed E-state index contributed by atoms with van der Waals surface area (Å²) >= 11 is 0. The number of rotatable bonds is 4. The molecule has 2 amide bonds. The van der Waals surface area contributed by atoms with Crippen molar-refractivity contribution in [1.29, 1.82) is 0 Å². The van der Waals surface area contributed by atoms with Gasteiger partial charge in [-0.15, -0.1) is 0 Å². The number of carbonyl (C=O) groups is 2. The lowest BCUT2D eigenvalue weighted by atomic mass is 9.95. The number of aromatic nitrogens is 3. The maximum Gasteiger partial charge on any atom is 0.254 e. The van der Waals surface area contributed by atoms with Crippen LogP contribution < -0.4 is 11.1 Å². The number of hydrogen-bond donors (Lipinski definition) is 3. The van der Waals surface area contributed by atoms with E-state index in [9.17, 15) is 9.59 Å². The topological polar surface area (TPSA) is 117 Å². The van der Waals surface area contributed by atoms with Gasteiger partial charge in [-0.2, -0.15) is 0 Å². The van der Waals surface area contributed by atoms with E-state index in [-0.39, 0.29) is 24.0 Å². The van der Waals surface area contributed by atoms with Crippen LogP contribution in [0.1, 0.15) is 46.4 Å². The van der Waals surface area contributed by atoms with Crippen molar-refractivity contribution in [2.24, 2.45) is 5.73 Å². The molecule has 2 atom stereocenters. The molecule has 2 aliphatic heterocycles. The Balaban J connectivity index is 1.39. The molecule has 8 nitrogen and oxygen atoms in total. The minimum absolute atomic E-state index is 0.0770. The Morgan fingerprint density at radius 2 is 1.86 bits per heavy atom. The molecule has 2 fully saturated rings. The van der Waals surface area contributed by atoms with Crippen molar-refractivity contribution in [2.75, 3.05) is 5.32 Å². The average Bonchev–Trinajstić information content (AvgIpc) is 3.31. The number of nitrogens with two attached hydrogens (primary N) is 1. The van der Waals surface area contributed by atoms with Crippen LogP contribution in [0.2, 0.25) is 0 Å². The second-order valence-corrected chi connectivity index (χ2v) is 7.80. The highest BCUT2D eigenvalue weighted by Crippen LogP contribution is 2.39. The summed E-state index contributed by atoms with van der Waals surface area (Å²) in [5.41, 5.74) is 8.09. The van der Waals surface area contributed by atoms with Gasteiger partial charge in [0, 0.05) is 53.9 Å². The summed E-state index contributed by atoms with van der Waals surface area (Å²) in [5.74, 6) is -0.426. The van der Waals surface area contributed by atoms with E-state index in [1.165, 1.54) is 6.20 Å². The number of H-pyrrole nitrogens is 1. The number of amides is 2. The molecule has 3 aromatic heterocycles. The fourth-order valence-electron chi connectivity index (χ4n) is 4.82. The van der Waals surface area contributed by atoms with E-state index in [4.69, 9.17) is 5.73 Å². The molecule has 8 heteroatoms. The molecule has 2 bridgehead atoms. The lowest BCUT2D eigenvalue weighted by Gasteiger charge is -2.39. The van der Waals surface area contributed by atoms with Crippen LogP contribution in [-0.2, 0) is 0 Å². The number of primary amides is 1. The monoisotopic (exact) mass is 390 g/mol. The molecule has 0 spiro atoms. The van der Waals surface area contributed by atoms with Gasteiger partial charge in [0.1, 0.15) is 5.65 Å². The molecular formula is C21H22N6O2. The van der Waals surface area contributed by atoms with Crippen molar-refractivity contribution in [1.82, 2.24) is 19.9 Å². The van der Waals surface area contributed by atoms with Crippen molar-refractivity contribution < 1.29 is 9.59 Å². The van der Waals surface area contributed by atoms with E-state index < -0.39 is 5.91 Å². The van der Waals surface area contributed by atoms with Crippen LogP contribution in [0.3, 0.4) is 0 Å². The van der Waals surface area contributed by atoms with Gasteiger partial charge in [0.25, 0.3) is 11.8 Å². The van der Waals surface area contributed by atoms with Gasteiger partial charge >= 0.3 is 0 Å². The molecule has 148 valence electrons. The van der Waals surface area contributed by atoms with E-state index in [0.717, 1.165) is 36.8 Å². The molecule has 29 heavy (non-hydrogen) atoms. The summed E-state index contributed by atoms with van der Waals surface area (Å²) in [6, 6.07) is 5.97. The van der Waals surface area contributed by atoms with Crippen LogP contribution in [0.4, 0.5) is 5.69 Å². The first-order valence-corrected chi connectivity index (χ1v) is 9.87. The van der Waals surface area contributed by atoms with Crippen molar-refractivity contribution in [3.63, 3.8) is 0 Å². The smallest absolute Gasteiger partial charge is 0.254 e. The van der Waals surface area contributed by atoms with Crippen molar-refractivity contribution in [3.8, 4) is 0 Å². The Kier molecular flexibility index (Phi) is 4.19. The zero-order valence-corrected chi connectivity index (χ0v) is 15.8. The maximum atomic E-state index is 13.0. The highest BCUT2D eigenvalue weighted by molar-refractivity contribution is 6.06. The average molecular weight is 390 g/mol. The summed E-state index contributed by atoms with van der Waals surface area (Å²) in [5, 5.41) is 4.40. The normalized spacial score (nSPS) is 23.3. The van der Waals surface area contributed by atoms with Crippen molar-refractivity contribution in [3.05, 3.63) is 54.1 Å². The molecule has 2 saturated heterocycles. The van der Waals surface area contributed by atoms with Crippen molar-refractivity contribution >= 4 is 28.5 Å². The zero-order chi connectivity index (χ0) is 20.0. The summed E-state index contributed by atoms with van der Waals surface area (Å²) in [6.45, 7) is 0. The van der Waals surface area contributed by atoms with Crippen LogP contribution in [0.5, 0.6) is 0 Å². The number of piperidine rings is 1. The quantitative estimate of drug-likeness (QED) is 0.632. The Morgan fingerprint density at radius 1 is 1.14 bits per heavy atom. The van der Waals surface area contributed by atoms with E-state index >= 15 is 0 Å². The molecule has 5 rings (SSSR count). The number of hydrogen-bond acceptors (Lipinski definition) is 5. The van der Waals surface area contributed by atoms with Crippen molar-refractivity contribution in [2.45, 2.75) is 43.8 Å². The first kappa shape index (κ1) is 17.7. The molecule has 5 heterocycles. The molecule has 0 aliphatic carbocycles. The number of anilines is 1. The van der Waals surface area contributed by atoms with E-state index in [0.29, 0.717) is 16.8 Å².